The van der Waals surface area contributed by atoms with Gasteiger partial charge in [-0.05, 0) is 19.1 Å². The summed E-state index contributed by atoms with van der Waals surface area (Å²) in [6.07, 6.45) is 3.55. The predicted octanol–water partition coefficient (Wildman–Crippen LogP) is 2.79. The highest BCUT2D eigenvalue weighted by molar-refractivity contribution is 5.96. The summed E-state index contributed by atoms with van der Waals surface area (Å²) in [5.74, 6) is 1.05. The van der Waals surface area contributed by atoms with Crippen LogP contribution in [-0.2, 0) is 4.79 Å². The van der Waals surface area contributed by atoms with E-state index < -0.39 is 0 Å². The van der Waals surface area contributed by atoms with E-state index in [0.29, 0.717) is 11.4 Å². The SMILES string of the molecule is CC(C)c1nccn1C(C)C(=O)Nc1ccccc1N. The Bertz CT molecular complexity index is 603. The molecule has 2 aromatic rings. The van der Waals surface area contributed by atoms with Gasteiger partial charge in [0.15, 0.2) is 0 Å². The highest BCUT2D eigenvalue weighted by Crippen LogP contribution is 2.21. The molecule has 0 aliphatic heterocycles. The summed E-state index contributed by atoms with van der Waals surface area (Å²) in [6.45, 7) is 5.96. The molecule has 20 heavy (non-hydrogen) atoms. The fourth-order valence-corrected chi connectivity index (χ4v) is 2.07. The molecule has 106 valence electrons. The zero-order valence-electron chi connectivity index (χ0n) is 12.0. The van der Waals surface area contributed by atoms with E-state index in [9.17, 15) is 4.79 Å². The minimum Gasteiger partial charge on any atom is -0.397 e. The molecule has 0 aliphatic carbocycles. The highest BCUT2D eigenvalue weighted by atomic mass is 16.2. The zero-order chi connectivity index (χ0) is 14.7. The Morgan fingerprint density at radius 2 is 2.00 bits per heavy atom. The van der Waals surface area contributed by atoms with Gasteiger partial charge < -0.3 is 15.6 Å². The van der Waals surface area contributed by atoms with Crippen molar-refractivity contribution in [2.24, 2.45) is 0 Å². The third kappa shape index (κ3) is 2.82. The zero-order valence-corrected chi connectivity index (χ0v) is 12.0. The average Bonchev–Trinajstić information content (AvgIpc) is 2.89. The summed E-state index contributed by atoms with van der Waals surface area (Å²) in [5, 5.41) is 2.85. The Balaban J connectivity index is 2.17. The van der Waals surface area contributed by atoms with Crippen LogP contribution in [0.2, 0.25) is 0 Å². The average molecular weight is 272 g/mol. The van der Waals surface area contributed by atoms with E-state index in [4.69, 9.17) is 5.73 Å². The fourth-order valence-electron chi connectivity index (χ4n) is 2.07. The van der Waals surface area contributed by atoms with E-state index >= 15 is 0 Å². The Labute approximate surface area is 118 Å². The topological polar surface area (TPSA) is 72.9 Å². The first-order valence-corrected chi connectivity index (χ1v) is 6.68. The third-order valence-electron chi connectivity index (χ3n) is 3.23. The lowest BCUT2D eigenvalue weighted by Crippen LogP contribution is -2.25. The standard InChI is InChI=1S/C15H20N4O/c1-10(2)14-17-8-9-19(14)11(3)15(20)18-13-7-5-4-6-12(13)16/h4-11H,16H2,1-3H3,(H,18,20). The first-order chi connectivity index (χ1) is 9.50. The number of benzene rings is 1. The number of hydrogen-bond acceptors (Lipinski definition) is 3. The lowest BCUT2D eigenvalue weighted by atomic mass is 10.2. The molecule has 2 rings (SSSR count). The molecule has 3 N–H and O–H groups in total. The minimum absolute atomic E-state index is 0.109. The summed E-state index contributed by atoms with van der Waals surface area (Å²) in [5.41, 5.74) is 7.02. The number of rotatable bonds is 4. The molecule has 0 fully saturated rings. The third-order valence-corrected chi connectivity index (χ3v) is 3.23. The normalized spacial score (nSPS) is 12.4. The van der Waals surface area contributed by atoms with Crippen molar-refractivity contribution in [3.63, 3.8) is 0 Å². The first-order valence-electron chi connectivity index (χ1n) is 6.68. The fraction of sp³-hybridized carbons (Fsp3) is 0.333. The van der Waals surface area contributed by atoms with Crippen molar-refractivity contribution in [1.29, 1.82) is 0 Å². The number of imidazole rings is 1. The van der Waals surface area contributed by atoms with Gasteiger partial charge in [-0.1, -0.05) is 26.0 Å². The van der Waals surface area contributed by atoms with Crippen molar-refractivity contribution >= 4 is 17.3 Å². The van der Waals surface area contributed by atoms with E-state index in [-0.39, 0.29) is 17.9 Å². The number of para-hydroxylation sites is 2. The van der Waals surface area contributed by atoms with Gasteiger partial charge >= 0.3 is 0 Å². The van der Waals surface area contributed by atoms with Gasteiger partial charge in [-0.25, -0.2) is 4.98 Å². The molecule has 1 aromatic heterocycles. The lowest BCUT2D eigenvalue weighted by molar-refractivity contribution is -0.118. The maximum atomic E-state index is 12.3. The molecule has 5 nitrogen and oxygen atoms in total. The molecule has 0 radical (unpaired) electrons. The van der Waals surface area contributed by atoms with Crippen molar-refractivity contribution < 1.29 is 4.79 Å². The van der Waals surface area contributed by atoms with E-state index in [1.54, 1.807) is 18.3 Å². The maximum Gasteiger partial charge on any atom is 0.247 e. The van der Waals surface area contributed by atoms with Gasteiger partial charge in [0.2, 0.25) is 5.91 Å². The monoisotopic (exact) mass is 272 g/mol. The number of carbonyl (C=O) groups is 1. The van der Waals surface area contributed by atoms with Crippen LogP contribution in [0.4, 0.5) is 11.4 Å². The molecular weight excluding hydrogens is 252 g/mol. The number of nitrogen functional groups attached to an aromatic ring is 1. The number of aromatic nitrogens is 2. The number of nitrogens with two attached hydrogens (primary N) is 1. The summed E-state index contributed by atoms with van der Waals surface area (Å²) in [7, 11) is 0. The number of carbonyl (C=O) groups excluding carboxylic acids is 1. The van der Waals surface area contributed by atoms with Crippen LogP contribution in [0.25, 0.3) is 0 Å². The number of amides is 1. The van der Waals surface area contributed by atoms with Gasteiger partial charge in [-0.2, -0.15) is 0 Å². The Morgan fingerprint density at radius 3 is 2.65 bits per heavy atom. The molecule has 1 unspecified atom stereocenters. The van der Waals surface area contributed by atoms with Crippen LogP contribution in [0, 0.1) is 0 Å². The quantitative estimate of drug-likeness (QED) is 0.840. The van der Waals surface area contributed by atoms with Gasteiger partial charge in [-0.15, -0.1) is 0 Å². The second-order valence-corrected chi connectivity index (χ2v) is 5.10. The molecular formula is C15H20N4O. The second-order valence-electron chi connectivity index (χ2n) is 5.10. The van der Waals surface area contributed by atoms with Crippen LogP contribution in [0.3, 0.4) is 0 Å². The Hall–Kier alpha value is -2.30. The van der Waals surface area contributed by atoms with E-state index in [0.717, 1.165) is 5.82 Å². The van der Waals surface area contributed by atoms with Crippen LogP contribution in [0.15, 0.2) is 36.7 Å². The summed E-state index contributed by atoms with van der Waals surface area (Å²) in [6, 6.07) is 6.89. The summed E-state index contributed by atoms with van der Waals surface area (Å²) in [4.78, 5) is 16.6. The molecule has 0 saturated heterocycles. The number of hydrogen-bond donors (Lipinski definition) is 2. The molecule has 1 aromatic carbocycles. The van der Waals surface area contributed by atoms with Crippen molar-refractivity contribution in [2.75, 3.05) is 11.1 Å². The first kappa shape index (κ1) is 14.1. The van der Waals surface area contributed by atoms with Crippen molar-refractivity contribution in [3.8, 4) is 0 Å². The number of nitrogens with one attached hydrogen (secondary N) is 1. The molecule has 1 heterocycles. The van der Waals surface area contributed by atoms with Gasteiger partial charge in [-0.3, -0.25) is 4.79 Å². The molecule has 1 amide bonds. The number of anilines is 2. The highest BCUT2D eigenvalue weighted by Gasteiger charge is 2.19. The van der Waals surface area contributed by atoms with Crippen LogP contribution in [0.1, 0.15) is 38.6 Å². The number of nitrogens with zero attached hydrogens (tertiary/aromatic N) is 2. The van der Waals surface area contributed by atoms with Crippen LogP contribution >= 0.6 is 0 Å². The molecule has 0 bridgehead atoms. The molecule has 0 aliphatic rings. The lowest BCUT2D eigenvalue weighted by Gasteiger charge is -2.18. The minimum atomic E-state index is -0.338. The molecule has 0 saturated carbocycles. The van der Waals surface area contributed by atoms with Gasteiger partial charge in [0.1, 0.15) is 11.9 Å². The summed E-state index contributed by atoms with van der Waals surface area (Å²) >= 11 is 0. The van der Waals surface area contributed by atoms with Gasteiger partial charge in [0.25, 0.3) is 0 Å². The van der Waals surface area contributed by atoms with Crippen LogP contribution in [0.5, 0.6) is 0 Å². The van der Waals surface area contributed by atoms with Crippen LogP contribution in [-0.4, -0.2) is 15.5 Å². The second kappa shape index (κ2) is 5.77. The molecule has 0 spiro atoms. The maximum absolute atomic E-state index is 12.3. The molecule has 1 atom stereocenters. The van der Waals surface area contributed by atoms with Gasteiger partial charge in [0.05, 0.1) is 11.4 Å². The van der Waals surface area contributed by atoms with Crippen molar-refractivity contribution in [2.45, 2.75) is 32.7 Å². The summed E-state index contributed by atoms with van der Waals surface area (Å²) < 4.78 is 1.89. The smallest absolute Gasteiger partial charge is 0.247 e. The Morgan fingerprint density at radius 1 is 1.30 bits per heavy atom. The largest absolute Gasteiger partial charge is 0.397 e. The Kier molecular flexibility index (Phi) is 4.08. The van der Waals surface area contributed by atoms with E-state index in [2.05, 4.69) is 24.1 Å². The van der Waals surface area contributed by atoms with Crippen molar-refractivity contribution in [3.05, 3.63) is 42.5 Å². The van der Waals surface area contributed by atoms with Gasteiger partial charge in [0, 0.05) is 18.3 Å². The van der Waals surface area contributed by atoms with Crippen molar-refractivity contribution in [1.82, 2.24) is 9.55 Å². The van der Waals surface area contributed by atoms with E-state index in [1.807, 2.05) is 29.8 Å². The molecule has 5 heteroatoms. The predicted molar refractivity (Wildman–Crippen MR) is 80.5 cm³/mol. The van der Waals surface area contributed by atoms with Crippen LogP contribution < -0.4 is 11.1 Å². The van der Waals surface area contributed by atoms with E-state index in [1.165, 1.54) is 0 Å².